The third-order valence-corrected chi connectivity index (χ3v) is 3.20. The van der Waals surface area contributed by atoms with Gasteiger partial charge in [0.1, 0.15) is 0 Å². The maximum Gasteiger partial charge on any atom is -0.0263 e. The van der Waals surface area contributed by atoms with E-state index in [4.69, 9.17) is 0 Å². The molecule has 0 amide bonds. The summed E-state index contributed by atoms with van der Waals surface area (Å²) in [6, 6.07) is 22.0. The third kappa shape index (κ3) is 9.16. The van der Waals surface area contributed by atoms with Gasteiger partial charge in [-0.2, -0.15) is 0 Å². The van der Waals surface area contributed by atoms with Crippen molar-refractivity contribution in [2.75, 3.05) is 0 Å². The van der Waals surface area contributed by atoms with Crippen LogP contribution in [0.2, 0.25) is 0 Å². The summed E-state index contributed by atoms with van der Waals surface area (Å²) in [4.78, 5) is 0. The van der Waals surface area contributed by atoms with Gasteiger partial charge in [0.05, 0.1) is 0 Å². The molecule has 3 rings (SSSR count). The van der Waals surface area contributed by atoms with Crippen LogP contribution in [0.5, 0.6) is 0 Å². The van der Waals surface area contributed by atoms with E-state index in [1.807, 2.05) is 72.8 Å². The smallest absolute Gasteiger partial charge is 0.0263 e. The molecule has 0 atom stereocenters. The molecule has 2 aromatic rings. The second kappa shape index (κ2) is 12.2. The molecule has 1 aliphatic rings. The van der Waals surface area contributed by atoms with E-state index in [0.29, 0.717) is 0 Å². The summed E-state index contributed by atoms with van der Waals surface area (Å²) in [6.07, 6.45) is 10.8. The highest BCUT2D eigenvalue weighted by atomic mass is 14.0. The summed E-state index contributed by atoms with van der Waals surface area (Å²) in [7, 11) is 0. The Bertz CT molecular complexity index is 374. The second-order valence-electron chi connectivity index (χ2n) is 4.89. The van der Waals surface area contributed by atoms with Gasteiger partial charge in [-0.05, 0) is 5.56 Å². The van der Waals surface area contributed by atoms with Crippen LogP contribution in [0.1, 0.15) is 44.1 Å². The maximum absolute atomic E-state index is 3.63. The van der Waals surface area contributed by atoms with Crippen molar-refractivity contribution in [2.24, 2.45) is 0 Å². The van der Waals surface area contributed by atoms with Gasteiger partial charge in [0.15, 0.2) is 0 Å². The topological polar surface area (TPSA) is 0 Å². The van der Waals surface area contributed by atoms with Crippen molar-refractivity contribution in [2.45, 2.75) is 38.5 Å². The van der Waals surface area contributed by atoms with Gasteiger partial charge in [0.2, 0.25) is 0 Å². The second-order valence-corrected chi connectivity index (χ2v) is 4.89. The van der Waals surface area contributed by atoms with Crippen LogP contribution in [0.3, 0.4) is 0 Å². The van der Waals surface area contributed by atoms with Gasteiger partial charge in [0.25, 0.3) is 0 Å². The van der Waals surface area contributed by atoms with Gasteiger partial charge in [-0.1, -0.05) is 118 Å². The zero-order valence-electron chi connectivity index (χ0n) is 12.4. The first-order valence-electron chi connectivity index (χ1n) is 7.61. The van der Waals surface area contributed by atoms with E-state index < -0.39 is 0 Å². The molecule has 0 unspecified atom stereocenters. The van der Waals surface area contributed by atoms with Crippen LogP contribution in [0.4, 0.5) is 0 Å². The van der Waals surface area contributed by atoms with Crippen molar-refractivity contribution in [3.63, 3.8) is 0 Å². The summed E-state index contributed by atoms with van der Waals surface area (Å²) in [5.74, 6) is 0. The Labute approximate surface area is 124 Å². The lowest BCUT2D eigenvalue weighted by Crippen LogP contribution is -1.85. The molecule has 0 saturated heterocycles. The van der Waals surface area contributed by atoms with Crippen LogP contribution in [0.15, 0.2) is 73.3 Å². The van der Waals surface area contributed by atoms with Crippen molar-refractivity contribution in [1.82, 2.24) is 0 Å². The summed E-state index contributed by atoms with van der Waals surface area (Å²) in [5, 5.41) is 0. The minimum atomic E-state index is 1.17. The van der Waals surface area contributed by atoms with E-state index in [9.17, 15) is 0 Å². The molecule has 0 spiro atoms. The fourth-order valence-electron chi connectivity index (χ4n) is 2.03. The van der Waals surface area contributed by atoms with E-state index >= 15 is 0 Å². The SMILES string of the molecule is C1CCCCC1.C=Cc1ccccc1.c1ccccc1. The number of benzene rings is 2. The molecule has 2 aromatic carbocycles. The van der Waals surface area contributed by atoms with Crippen LogP contribution in [0.25, 0.3) is 6.08 Å². The highest BCUT2D eigenvalue weighted by Gasteiger charge is 1.95. The fourth-order valence-corrected chi connectivity index (χ4v) is 2.03. The van der Waals surface area contributed by atoms with Crippen molar-refractivity contribution in [3.8, 4) is 0 Å². The van der Waals surface area contributed by atoms with Crippen molar-refractivity contribution >= 4 is 6.08 Å². The predicted octanol–water partition coefficient (Wildman–Crippen LogP) is 6.36. The molecule has 0 N–H and O–H groups in total. The first kappa shape index (κ1) is 16.2. The largest absolute Gasteiger partial charge is 0.0985 e. The van der Waals surface area contributed by atoms with E-state index in [2.05, 4.69) is 6.58 Å². The van der Waals surface area contributed by atoms with Crippen LogP contribution < -0.4 is 0 Å². The number of hydrogen-bond donors (Lipinski definition) is 0. The lowest BCUT2D eigenvalue weighted by Gasteiger charge is -2.05. The lowest BCUT2D eigenvalue weighted by atomic mass is 10.0. The van der Waals surface area contributed by atoms with Gasteiger partial charge in [-0.3, -0.25) is 0 Å². The van der Waals surface area contributed by atoms with Crippen molar-refractivity contribution in [1.29, 1.82) is 0 Å². The first-order valence-corrected chi connectivity index (χ1v) is 7.61. The van der Waals surface area contributed by atoms with E-state index in [1.165, 1.54) is 44.1 Å². The Morgan fingerprint density at radius 2 is 0.850 bits per heavy atom. The summed E-state index contributed by atoms with van der Waals surface area (Å²) < 4.78 is 0. The average molecular weight is 266 g/mol. The monoisotopic (exact) mass is 266 g/mol. The summed E-state index contributed by atoms with van der Waals surface area (Å²) in [6.45, 7) is 3.63. The Morgan fingerprint density at radius 3 is 1.10 bits per heavy atom. The maximum atomic E-state index is 3.63. The van der Waals surface area contributed by atoms with Crippen molar-refractivity contribution in [3.05, 3.63) is 78.9 Å². The molecule has 0 radical (unpaired) electrons. The highest BCUT2D eigenvalue weighted by molar-refractivity contribution is 5.45. The molecule has 0 heteroatoms. The quantitative estimate of drug-likeness (QED) is 0.563. The molecule has 0 bridgehead atoms. The van der Waals surface area contributed by atoms with Crippen LogP contribution in [-0.4, -0.2) is 0 Å². The summed E-state index contributed by atoms with van der Waals surface area (Å²) >= 11 is 0. The molecule has 0 aliphatic heterocycles. The standard InChI is InChI=1S/C8H8.C6H12.C6H6/c1-2-8-6-4-3-5-7-8;2*1-2-4-6-5-3-1/h2-7H,1H2;1-6H2;1-6H. The van der Waals surface area contributed by atoms with Crippen LogP contribution in [0, 0.1) is 0 Å². The molecule has 0 aromatic heterocycles. The van der Waals surface area contributed by atoms with Gasteiger partial charge in [-0.25, -0.2) is 0 Å². The van der Waals surface area contributed by atoms with E-state index in [-0.39, 0.29) is 0 Å². The minimum absolute atomic E-state index is 1.17. The number of rotatable bonds is 1. The zero-order valence-corrected chi connectivity index (χ0v) is 12.4. The summed E-state index contributed by atoms with van der Waals surface area (Å²) in [5.41, 5.74) is 1.17. The third-order valence-electron chi connectivity index (χ3n) is 3.20. The van der Waals surface area contributed by atoms with Crippen molar-refractivity contribution < 1.29 is 0 Å². The molecule has 1 aliphatic carbocycles. The van der Waals surface area contributed by atoms with E-state index in [1.54, 1.807) is 0 Å². The van der Waals surface area contributed by atoms with Gasteiger partial charge in [-0.15, -0.1) is 0 Å². The normalized spacial score (nSPS) is 13.0. The van der Waals surface area contributed by atoms with Crippen LogP contribution in [-0.2, 0) is 0 Å². The average Bonchev–Trinajstić information content (AvgIpc) is 2.60. The first-order chi connectivity index (χ1) is 9.93. The molecule has 20 heavy (non-hydrogen) atoms. The van der Waals surface area contributed by atoms with E-state index in [0.717, 1.165) is 0 Å². The van der Waals surface area contributed by atoms with Gasteiger partial charge >= 0.3 is 0 Å². The molecular weight excluding hydrogens is 240 g/mol. The molecule has 106 valence electrons. The highest BCUT2D eigenvalue weighted by Crippen LogP contribution is 2.15. The lowest BCUT2D eigenvalue weighted by molar-refractivity contribution is 0.504. The molecule has 1 saturated carbocycles. The molecule has 0 nitrogen and oxygen atoms in total. The zero-order chi connectivity index (χ0) is 14.3. The minimum Gasteiger partial charge on any atom is -0.0985 e. The Hall–Kier alpha value is -1.82. The van der Waals surface area contributed by atoms with Crippen LogP contribution >= 0.6 is 0 Å². The van der Waals surface area contributed by atoms with Gasteiger partial charge < -0.3 is 0 Å². The predicted molar refractivity (Wildman–Crippen MR) is 90.7 cm³/mol. The Balaban J connectivity index is 0.000000152. The van der Waals surface area contributed by atoms with Gasteiger partial charge in [0, 0.05) is 0 Å². The Kier molecular flexibility index (Phi) is 9.92. The fraction of sp³-hybridized carbons (Fsp3) is 0.300. The Morgan fingerprint density at radius 1 is 0.550 bits per heavy atom. The number of hydrogen-bond acceptors (Lipinski definition) is 0. The molecule has 1 fully saturated rings. The molecule has 0 heterocycles. The molecular formula is C20H26.